The lowest BCUT2D eigenvalue weighted by atomic mass is 9.69. The van der Waals surface area contributed by atoms with E-state index in [1.807, 2.05) is 72.8 Å². The van der Waals surface area contributed by atoms with Gasteiger partial charge in [-0.2, -0.15) is 0 Å². The van der Waals surface area contributed by atoms with Crippen LogP contribution in [0.25, 0.3) is 0 Å². The summed E-state index contributed by atoms with van der Waals surface area (Å²) in [5.41, 5.74) is 7.47. The summed E-state index contributed by atoms with van der Waals surface area (Å²) in [6.07, 6.45) is 5.51. The molecule has 0 aromatic heterocycles. The van der Waals surface area contributed by atoms with Crippen molar-refractivity contribution in [3.63, 3.8) is 0 Å². The highest BCUT2D eigenvalue weighted by Crippen LogP contribution is 2.45. The van der Waals surface area contributed by atoms with Crippen LogP contribution in [-0.2, 0) is 12.8 Å². The summed E-state index contributed by atoms with van der Waals surface area (Å²) in [5.74, 6) is 0.133. The van der Waals surface area contributed by atoms with Gasteiger partial charge in [-0.25, -0.2) is 0 Å². The Morgan fingerprint density at radius 2 is 0.806 bits per heavy atom. The zero-order chi connectivity index (χ0) is 24.5. The van der Waals surface area contributed by atoms with Gasteiger partial charge in [-0.05, 0) is 22.3 Å². The lowest BCUT2D eigenvalue weighted by molar-refractivity contribution is 0.101. The van der Waals surface area contributed by atoms with E-state index in [9.17, 15) is 9.59 Å². The number of rotatable bonds is 5. The molecule has 2 unspecified atom stereocenters. The number of fused-ring (bicyclic) bond motifs is 2. The molecule has 6 rings (SSSR count). The zero-order valence-electron chi connectivity index (χ0n) is 19.9. The van der Waals surface area contributed by atoms with E-state index in [0.29, 0.717) is 12.8 Å². The molecule has 0 bridgehead atoms. The number of ketones is 2. The summed E-state index contributed by atoms with van der Waals surface area (Å²) in [4.78, 5) is 27.0. The predicted octanol–water partition coefficient (Wildman–Crippen LogP) is 7.28. The fourth-order valence-electron chi connectivity index (χ4n) is 5.60. The molecule has 0 amide bonds. The highest BCUT2D eigenvalue weighted by atomic mass is 16.1. The summed E-state index contributed by atoms with van der Waals surface area (Å²) >= 11 is 0. The van der Waals surface area contributed by atoms with Crippen LogP contribution in [0.15, 0.2) is 132 Å². The maximum atomic E-state index is 13.5. The van der Waals surface area contributed by atoms with Crippen LogP contribution in [-0.4, -0.2) is 11.6 Å². The number of hydrogen-bond acceptors (Lipinski definition) is 2. The Labute approximate surface area is 211 Å². The van der Waals surface area contributed by atoms with Crippen molar-refractivity contribution in [2.24, 2.45) is 0 Å². The summed E-state index contributed by atoms with van der Waals surface area (Å²) in [7, 11) is 0. The minimum Gasteiger partial charge on any atom is -0.289 e. The van der Waals surface area contributed by atoms with Crippen LogP contribution in [0.4, 0.5) is 0 Å². The first-order chi connectivity index (χ1) is 17.7. The van der Waals surface area contributed by atoms with Crippen molar-refractivity contribution in [3.8, 4) is 0 Å². The highest BCUT2D eigenvalue weighted by Gasteiger charge is 2.36. The Hall–Kier alpha value is -4.30. The van der Waals surface area contributed by atoms with Crippen LogP contribution in [0.1, 0.15) is 54.8 Å². The molecule has 2 nitrogen and oxygen atoms in total. The van der Waals surface area contributed by atoms with Crippen LogP contribution < -0.4 is 0 Å². The molecule has 0 aliphatic heterocycles. The van der Waals surface area contributed by atoms with Crippen molar-refractivity contribution in [2.75, 3.05) is 0 Å². The average Bonchev–Trinajstić information content (AvgIpc) is 2.93. The van der Waals surface area contributed by atoms with Gasteiger partial charge < -0.3 is 0 Å². The van der Waals surface area contributed by atoms with Crippen LogP contribution in [0.2, 0.25) is 0 Å². The molecule has 0 heterocycles. The molecule has 0 spiro atoms. The van der Waals surface area contributed by atoms with Gasteiger partial charge in [0.15, 0.2) is 11.6 Å². The third-order valence-corrected chi connectivity index (χ3v) is 7.34. The van der Waals surface area contributed by atoms with Crippen molar-refractivity contribution < 1.29 is 9.59 Å². The third-order valence-electron chi connectivity index (χ3n) is 7.34. The first-order valence-corrected chi connectivity index (χ1v) is 12.5. The second-order valence-electron chi connectivity index (χ2n) is 9.59. The van der Waals surface area contributed by atoms with Gasteiger partial charge in [0.1, 0.15) is 0 Å². The predicted molar refractivity (Wildman–Crippen MR) is 143 cm³/mol. The van der Waals surface area contributed by atoms with Crippen LogP contribution in [0.5, 0.6) is 0 Å². The Balaban J connectivity index is 1.48. The van der Waals surface area contributed by atoms with Gasteiger partial charge in [0, 0.05) is 47.0 Å². The maximum Gasteiger partial charge on any atom is 0.189 e. The summed E-state index contributed by atoms with van der Waals surface area (Å²) in [6.45, 7) is 0. The number of benzene rings is 4. The Morgan fingerprint density at radius 3 is 1.22 bits per heavy atom. The Kier molecular flexibility index (Phi) is 5.79. The minimum absolute atomic E-state index is 0.0300. The van der Waals surface area contributed by atoms with Gasteiger partial charge in [0.05, 0.1) is 0 Å². The SMILES string of the molecule is O=C1C(Cc2ccccc2)=CC(C2C=C(Cc3ccccc3)C(=O)c3ccccc32)c2ccccc21. The van der Waals surface area contributed by atoms with E-state index < -0.39 is 0 Å². The summed E-state index contributed by atoms with van der Waals surface area (Å²) in [6, 6.07) is 36.2. The number of carbonyl (C=O) groups is 2. The first kappa shape index (κ1) is 22.2. The number of allylic oxidation sites excluding steroid dienone is 4. The number of carbonyl (C=O) groups excluding carboxylic acids is 2. The van der Waals surface area contributed by atoms with E-state index in [0.717, 1.165) is 44.5 Å². The molecule has 0 saturated carbocycles. The molecule has 2 aliphatic carbocycles. The van der Waals surface area contributed by atoms with Crippen molar-refractivity contribution >= 4 is 11.6 Å². The fraction of sp³-hybridized carbons (Fsp3) is 0.118. The molecule has 2 atom stereocenters. The number of hydrogen-bond donors (Lipinski definition) is 0. The molecule has 0 saturated heterocycles. The molecule has 0 radical (unpaired) electrons. The Bertz CT molecular complexity index is 1390. The molecule has 4 aromatic rings. The van der Waals surface area contributed by atoms with E-state index in [-0.39, 0.29) is 23.4 Å². The summed E-state index contributed by atoms with van der Waals surface area (Å²) < 4.78 is 0. The molecule has 2 aliphatic rings. The van der Waals surface area contributed by atoms with Crippen molar-refractivity contribution in [2.45, 2.75) is 24.7 Å². The zero-order valence-corrected chi connectivity index (χ0v) is 19.9. The van der Waals surface area contributed by atoms with Crippen molar-refractivity contribution in [3.05, 3.63) is 166 Å². The van der Waals surface area contributed by atoms with Crippen LogP contribution in [0.3, 0.4) is 0 Å². The largest absolute Gasteiger partial charge is 0.289 e. The van der Waals surface area contributed by atoms with E-state index in [4.69, 9.17) is 0 Å². The lowest BCUT2D eigenvalue weighted by Crippen LogP contribution is -2.25. The topological polar surface area (TPSA) is 34.1 Å². The van der Waals surface area contributed by atoms with Crippen LogP contribution >= 0.6 is 0 Å². The van der Waals surface area contributed by atoms with E-state index in [1.54, 1.807) is 0 Å². The standard InChI is InChI=1S/C34H26O2/c35-33-25(19-23-11-3-1-4-12-23)21-31(27-15-7-9-17-29(27)33)32-22-26(20-24-13-5-2-6-14-24)34(36)30-18-10-8-16-28(30)32/h1-18,21-22,31-32H,19-20H2. The lowest BCUT2D eigenvalue weighted by Gasteiger charge is -2.33. The molecule has 0 fully saturated rings. The molecular formula is C34H26O2. The van der Waals surface area contributed by atoms with Gasteiger partial charge >= 0.3 is 0 Å². The van der Waals surface area contributed by atoms with Crippen molar-refractivity contribution in [1.82, 2.24) is 0 Å². The molecule has 174 valence electrons. The van der Waals surface area contributed by atoms with Gasteiger partial charge in [0.2, 0.25) is 0 Å². The molecule has 0 N–H and O–H groups in total. The van der Waals surface area contributed by atoms with E-state index in [1.165, 1.54) is 0 Å². The van der Waals surface area contributed by atoms with Gasteiger partial charge in [0.25, 0.3) is 0 Å². The second-order valence-corrected chi connectivity index (χ2v) is 9.59. The third kappa shape index (κ3) is 4.05. The van der Waals surface area contributed by atoms with Crippen molar-refractivity contribution in [1.29, 1.82) is 0 Å². The van der Waals surface area contributed by atoms with Crippen LogP contribution in [0, 0.1) is 0 Å². The van der Waals surface area contributed by atoms with Gasteiger partial charge in [-0.3, -0.25) is 9.59 Å². The number of Topliss-reactive ketones (excluding diaryl/α,β-unsaturated/α-hetero) is 2. The average molecular weight is 467 g/mol. The first-order valence-electron chi connectivity index (χ1n) is 12.5. The second kappa shape index (κ2) is 9.39. The molecule has 2 heteroatoms. The molecule has 36 heavy (non-hydrogen) atoms. The normalized spacial score (nSPS) is 18.7. The van der Waals surface area contributed by atoms with E-state index in [2.05, 4.69) is 48.6 Å². The minimum atomic E-state index is -0.0300. The summed E-state index contributed by atoms with van der Waals surface area (Å²) in [5, 5.41) is 0. The molecular weight excluding hydrogens is 440 g/mol. The van der Waals surface area contributed by atoms with Gasteiger partial charge in [-0.1, -0.05) is 121 Å². The monoisotopic (exact) mass is 466 g/mol. The maximum absolute atomic E-state index is 13.5. The smallest absolute Gasteiger partial charge is 0.189 e. The molecule has 4 aromatic carbocycles. The van der Waals surface area contributed by atoms with E-state index >= 15 is 0 Å². The van der Waals surface area contributed by atoms with Gasteiger partial charge in [-0.15, -0.1) is 0 Å². The fourth-order valence-corrected chi connectivity index (χ4v) is 5.60. The quantitative estimate of drug-likeness (QED) is 0.310. The highest BCUT2D eigenvalue weighted by molar-refractivity contribution is 6.13. The Morgan fingerprint density at radius 1 is 0.444 bits per heavy atom.